The molecule has 3 nitrogen and oxygen atoms in total. The summed E-state index contributed by atoms with van der Waals surface area (Å²) < 4.78 is 2.03. The predicted octanol–water partition coefficient (Wildman–Crippen LogP) is 2.88. The van der Waals surface area contributed by atoms with E-state index in [1.165, 1.54) is 5.56 Å². The van der Waals surface area contributed by atoms with Crippen molar-refractivity contribution in [3.8, 4) is 0 Å². The fourth-order valence-electron chi connectivity index (χ4n) is 2.09. The van der Waals surface area contributed by atoms with Gasteiger partial charge in [0.15, 0.2) is 0 Å². The Labute approximate surface area is 108 Å². The molecule has 1 N–H and O–H groups in total. The van der Waals surface area contributed by atoms with Gasteiger partial charge in [-0.15, -0.1) is 0 Å². The second-order valence-electron chi connectivity index (χ2n) is 4.72. The lowest BCUT2D eigenvalue weighted by molar-refractivity contribution is 0.168. The van der Waals surface area contributed by atoms with Crippen molar-refractivity contribution in [3.05, 3.63) is 53.6 Å². The molecule has 0 bridgehead atoms. The Bertz CT molecular complexity index is 487. The van der Waals surface area contributed by atoms with E-state index in [9.17, 15) is 5.11 Å². The molecule has 0 aliphatic rings. The molecule has 0 saturated carbocycles. The highest BCUT2D eigenvalue weighted by Gasteiger charge is 2.13. The molecule has 0 radical (unpaired) electrons. The SMILES string of the molecule is CCCn1cncc1C(O)Cc1ccc(C)cc1. The maximum absolute atomic E-state index is 10.3. The Hall–Kier alpha value is -1.61. The van der Waals surface area contributed by atoms with E-state index < -0.39 is 6.10 Å². The van der Waals surface area contributed by atoms with Crippen LogP contribution >= 0.6 is 0 Å². The molecule has 1 unspecified atom stereocenters. The first-order chi connectivity index (χ1) is 8.70. The third kappa shape index (κ3) is 2.99. The van der Waals surface area contributed by atoms with Gasteiger partial charge in [0, 0.05) is 13.0 Å². The monoisotopic (exact) mass is 244 g/mol. The summed E-state index contributed by atoms with van der Waals surface area (Å²) in [5.74, 6) is 0. The van der Waals surface area contributed by atoms with E-state index in [1.807, 2.05) is 4.57 Å². The molecule has 96 valence electrons. The Kier molecular flexibility index (Phi) is 4.15. The molecule has 1 aromatic carbocycles. The molecule has 0 saturated heterocycles. The Morgan fingerprint density at radius 2 is 2.00 bits per heavy atom. The van der Waals surface area contributed by atoms with Gasteiger partial charge in [-0.3, -0.25) is 0 Å². The Balaban J connectivity index is 2.09. The third-order valence-corrected chi connectivity index (χ3v) is 3.10. The number of aliphatic hydroxyl groups is 1. The number of benzene rings is 1. The summed E-state index contributed by atoms with van der Waals surface area (Å²) >= 11 is 0. The molecule has 0 fully saturated rings. The molecule has 1 aromatic heterocycles. The summed E-state index contributed by atoms with van der Waals surface area (Å²) in [6.07, 6.45) is 4.74. The topological polar surface area (TPSA) is 38.0 Å². The van der Waals surface area contributed by atoms with E-state index in [-0.39, 0.29) is 0 Å². The second kappa shape index (κ2) is 5.83. The van der Waals surface area contributed by atoms with Crippen LogP contribution in [0.15, 0.2) is 36.8 Å². The van der Waals surface area contributed by atoms with Gasteiger partial charge in [0.2, 0.25) is 0 Å². The van der Waals surface area contributed by atoms with Crippen molar-refractivity contribution in [1.29, 1.82) is 0 Å². The van der Waals surface area contributed by atoms with Crippen molar-refractivity contribution in [2.45, 2.75) is 39.3 Å². The summed E-state index contributed by atoms with van der Waals surface area (Å²) in [6, 6.07) is 8.29. The van der Waals surface area contributed by atoms with Gasteiger partial charge in [-0.25, -0.2) is 4.98 Å². The molecule has 0 amide bonds. The Morgan fingerprint density at radius 3 is 2.67 bits per heavy atom. The highest BCUT2D eigenvalue weighted by atomic mass is 16.3. The summed E-state index contributed by atoms with van der Waals surface area (Å²) in [4.78, 5) is 4.12. The minimum Gasteiger partial charge on any atom is -0.386 e. The van der Waals surface area contributed by atoms with Crippen molar-refractivity contribution in [2.75, 3.05) is 0 Å². The van der Waals surface area contributed by atoms with Crippen molar-refractivity contribution >= 4 is 0 Å². The zero-order valence-electron chi connectivity index (χ0n) is 11.0. The second-order valence-corrected chi connectivity index (χ2v) is 4.72. The molecule has 0 aliphatic heterocycles. The number of rotatable bonds is 5. The fourth-order valence-corrected chi connectivity index (χ4v) is 2.09. The summed E-state index contributed by atoms with van der Waals surface area (Å²) in [6.45, 7) is 5.09. The van der Waals surface area contributed by atoms with Crippen LogP contribution in [0.2, 0.25) is 0 Å². The molecule has 1 heterocycles. The predicted molar refractivity (Wildman–Crippen MR) is 72.4 cm³/mol. The first kappa shape index (κ1) is 12.8. The van der Waals surface area contributed by atoms with Crippen LogP contribution in [0.1, 0.15) is 36.3 Å². The molecule has 0 spiro atoms. The van der Waals surface area contributed by atoms with Crippen LogP contribution in [-0.2, 0) is 13.0 Å². The van der Waals surface area contributed by atoms with Gasteiger partial charge >= 0.3 is 0 Å². The van der Waals surface area contributed by atoms with Crippen LogP contribution in [0.4, 0.5) is 0 Å². The van der Waals surface area contributed by atoms with Gasteiger partial charge < -0.3 is 9.67 Å². The minimum atomic E-state index is -0.484. The lowest BCUT2D eigenvalue weighted by Gasteiger charge is -2.13. The van der Waals surface area contributed by atoms with Crippen LogP contribution in [-0.4, -0.2) is 14.7 Å². The van der Waals surface area contributed by atoms with Crippen LogP contribution < -0.4 is 0 Å². The number of aliphatic hydroxyl groups excluding tert-OH is 1. The van der Waals surface area contributed by atoms with Crippen LogP contribution in [0.3, 0.4) is 0 Å². The minimum absolute atomic E-state index is 0.484. The number of hydrogen-bond donors (Lipinski definition) is 1. The smallest absolute Gasteiger partial charge is 0.0995 e. The average molecular weight is 244 g/mol. The van der Waals surface area contributed by atoms with Gasteiger partial charge in [0.1, 0.15) is 0 Å². The molecule has 2 aromatic rings. The van der Waals surface area contributed by atoms with Crippen LogP contribution in [0.5, 0.6) is 0 Å². The van der Waals surface area contributed by atoms with Crippen LogP contribution in [0.25, 0.3) is 0 Å². The molecule has 18 heavy (non-hydrogen) atoms. The van der Waals surface area contributed by atoms with E-state index in [2.05, 4.69) is 43.1 Å². The van der Waals surface area contributed by atoms with E-state index >= 15 is 0 Å². The highest BCUT2D eigenvalue weighted by Crippen LogP contribution is 2.18. The average Bonchev–Trinajstić information content (AvgIpc) is 2.81. The molecular formula is C15H20N2O. The third-order valence-electron chi connectivity index (χ3n) is 3.10. The lowest BCUT2D eigenvalue weighted by Crippen LogP contribution is -2.09. The zero-order chi connectivity index (χ0) is 13.0. The molecule has 1 atom stereocenters. The number of aryl methyl sites for hydroxylation is 2. The molecule has 2 rings (SSSR count). The van der Waals surface area contributed by atoms with Gasteiger partial charge in [0.05, 0.1) is 24.3 Å². The van der Waals surface area contributed by atoms with Crippen LogP contribution in [0, 0.1) is 6.92 Å². The van der Waals surface area contributed by atoms with Crippen molar-refractivity contribution in [1.82, 2.24) is 9.55 Å². The van der Waals surface area contributed by atoms with E-state index in [0.717, 1.165) is 24.2 Å². The van der Waals surface area contributed by atoms with Crippen molar-refractivity contribution in [3.63, 3.8) is 0 Å². The first-order valence-corrected chi connectivity index (χ1v) is 6.44. The van der Waals surface area contributed by atoms with Crippen molar-refractivity contribution < 1.29 is 5.11 Å². The van der Waals surface area contributed by atoms with E-state index in [0.29, 0.717) is 6.42 Å². The quantitative estimate of drug-likeness (QED) is 0.878. The van der Waals surface area contributed by atoms with Crippen molar-refractivity contribution in [2.24, 2.45) is 0 Å². The molecular weight excluding hydrogens is 224 g/mol. The maximum atomic E-state index is 10.3. The van der Waals surface area contributed by atoms with E-state index in [1.54, 1.807) is 12.5 Å². The standard InChI is InChI=1S/C15H20N2O/c1-3-8-17-11-16-10-14(17)15(18)9-13-6-4-12(2)5-7-13/h4-7,10-11,15,18H,3,8-9H2,1-2H3. The number of hydrogen-bond acceptors (Lipinski definition) is 2. The zero-order valence-corrected chi connectivity index (χ0v) is 11.0. The normalized spacial score (nSPS) is 12.6. The highest BCUT2D eigenvalue weighted by molar-refractivity contribution is 5.23. The largest absolute Gasteiger partial charge is 0.386 e. The van der Waals surface area contributed by atoms with Gasteiger partial charge in [0.25, 0.3) is 0 Å². The van der Waals surface area contributed by atoms with E-state index in [4.69, 9.17) is 0 Å². The maximum Gasteiger partial charge on any atom is 0.0995 e. The number of aromatic nitrogens is 2. The fraction of sp³-hybridized carbons (Fsp3) is 0.400. The molecule has 3 heteroatoms. The van der Waals surface area contributed by atoms with Gasteiger partial charge in [-0.05, 0) is 18.9 Å². The summed E-state index contributed by atoms with van der Waals surface area (Å²) in [5.41, 5.74) is 3.29. The first-order valence-electron chi connectivity index (χ1n) is 6.44. The Morgan fingerprint density at radius 1 is 1.28 bits per heavy atom. The summed E-state index contributed by atoms with van der Waals surface area (Å²) in [7, 11) is 0. The molecule has 0 aliphatic carbocycles. The van der Waals surface area contributed by atoms with Gasteiger partial charge in [-0.1, -0.05) is 36.8 Å². The van der Waals surface area contributed by atoms with Gasteiger partial charge in [-0.2, -0.15) is 0 Å². The lowest BCUT2D eigenvalue weighted by atomic mass is 10.0. The number of nitrogens with zero attached hydrogens (tertiary/aromatic N) is 2. The summed E-state index contributed by atoms with van der Waals surface area (Å²) in [5, 5.41) is 10.3. The number of imidazole rings is 1.